The van der Waals surface area contributed by atoms with Gasteiger partial charge in [-0.05, 0) is 29.0 Å². The van der Waals surface area contributed by atoms with Crippen LogP contribution in [0.15, 0.2) is 12.4 Å². The number of carbonyl (C=O) groups is 1. The smallest absolute Gasteiger partial charge is 0.328 e. The number of hydrogen-bond acceptors (Lipinski definition) is 2. The Labute approximate surface area is 83.7 Å². The quantitative estimate of drug-likeness (QED) is 0.854. The summed E-state index contributed by atoms with van der Waals surface area (Å²) in [6, 6.07) is -0.534. The van der Waals surface area contributed by atoms with Crippen molar-refractivity contribution in [1.29, 1.82) is 0 Å². The van der Waals surface area contributed by atoms with Gasteiger partial charge in [-0.15, -0.1) is 0 Å². The SMILES string of the molecule is CCC(C(=O)O)n1cc(I)cn1. The van der Waals surface area contributed by atoms with Gasteiger partial charge in [-0.2, -0.15) is 5.10 Å². The van der Waals surface area contributed by atoms with Crippen LogP contribution in [0.25, 0.3) is 0 Å². The van der Waals surface area contributed by atoms with Crippen molar-refractivity contribution in [1.82, 2.24) is 9.78 Å². The molecule has 1 unspecified atom stereocenters. The first-order chi connectivity index (χ1) is 5.65. The molecule has 1 heterocycles. The average Bonchev–Trinajstić information content (AvgIpc) is 2.37. The summed E-state index contributed by atoms with van der Waals surface area (Å²) in [5.41, 5.74) is 0. The summed E-state index contributed by atoms with van der Waals surface area (Å²) < 4.78 is 2.43. The first kappa shape index (κ1) is 9.50. The topological polar surface area (TPSA) is 55.1 Å². The van der Waals surface area contributed by atoms with E-state index in [9.17, 15) is 4.79 Å². The molecule has 0 aromatic carbocycles. The number of carboxylic acid groups (broad SMARTS) is 1. The van der Waals surface area contributed by atoms with E-state index in [4.69, 9.17) is 5.11 Å². The first-order valence-electron chi connectivity index (χ1n) is 3.57. The molecule has 0 radical (unpaired) electrons. The molecule has 12 heavy (non-hydrogen) atoms. The summed E-state index contributed by atoms with van der Waals surface area (Å²) in [7, 11) is 0. The minimum absolute atomic E-state index is 0.534. The Kier molecular flexibility index (Phi) is 3.07. The third-order valence-corrected chi connectivity index (χ3v) is 2.12. The summed E-state index contributed by atoms with van der Waals surface area (Å²) in [6.45, 7) is 1.83. The van der Waals surface area contributed by atoms with E-state index < -0.39 is 12.0 Å². The van der Waals surface area contributed by atoms with Gasteiger partial charge in [0.2, 0.25) is 0 Å². The van der Waals surface area contributed by atoms with Crippen molar-refractivity contribution in [2.75, 3.05) is 0 Å². The molecule has 0 saturated heterocycles. The van der Waals surface area contributed by atoms with Gasteiger partial charge < -0.3 is 5.11 Å². The van der Waals surface area contributed by atoms with Gasteiger partial charge in [0.15, 0.2) is 0 Å². The summed E-state index contributed by atoms with van der Waals surface area (Å²) in [6.07, 6.45) is 3.92. The molecule has 4 nitrogen and oxygen atoms in total. The van der Waals surface area contributed by atoms with Crippen LogP contribution in [0, 0.1) is 3.57 Å². The highest BCUT2D eigenvalue weighted by Gasteiger charge is 2.17. The third-order valence-electron chi connectivity index (χ3n) is 1.56. The molecule has 66 valence electrons. The Morgan fingerprint density at radius 1 is 1.92 bits per heavy atom. The molecule has 1 N–H and O–H groups in total. The molecule has 0 fully saturated rings. The highest BCUT2D eigenvalue weighted by molar-refractivity contribution is 14.1. The number of hydrogen-bond donors (Lipinski definition) is 1. The van der Waals surface area contributed by atoms with E-state index in [2.05, 4.69) is 27.7 Å². The Balaban J connectivity index is 2.87. The second-order valence-electron chi connectivity index (χ2n) is 2.40. The largest absolute Gasteiger partial charge is 0.480 e. The van der Waals surface area contributed by atoms with Crippen molar-refractivity contribution in [3.63, 3.8) is 0 Å². The molecule has 0 spiro atoms. The van der Waals surface area contributed by atoms with E-state index in [1.54, 1.807) is 12.4 Å². The van der Waals surface area contributed by atoms with Crippen LogP contribution in [-0.2, 0) is 4.79 Å². The van der Waals surface area contributed by atoms with Gasteiger partial charge in [0, 0.05) is 6.20 Å². The van der Waals surface area contributed by atoms with E-state index in [0.29, 0.717) is 6.42 Å². The maximum absolute atomic E-state index is 10.7. The Bertz CT molecular complexity index is 285. The fourth-order valence-electron chi connectivity index (χ4n) is 0.960. The average molecular weight is 280 g/mol. The second kappa shape index (κ2) is 3.88. The first-order valence-corrected chi connectivity index (χ1v) is 4.65. The van der Waals surface area contributed by atoms with Crippen LogP contribution in [0.5, 0.6) is 0 Å². The number of aliphatic carboxylic acids is 1. The maximum atomic E-state index is 10.7. The van der Waals surface area contributed by atoms with Gasteiger partial charge in [0.25, 0.3) is 0 Å². The highest BCUT2D eigenvalue weighted by Crippen LogP contribution is 2.12. The molecule has 1 atom stereocenters. The molecule has 0 aliphatic heterocycles. The van der Waals surface area contributed by atoms with Crippen molar-refractivity contribution in [3.05, 3.63) is 16.0 Å². The standard InChI is InChI=1S/C7H9IN2O2/c1-2-6(7(11)12)10-4-5(8)3-9-10/h3-4,6H,2H2,1H3,(H,11,12). The van der Waals surface area contributed by atoms with Gasteiger partial charge in [0.05, 0.1) is 9.77 Å². The van der Waals surface area contributed by atoms with Gasteiger partial charge in [-0.25, -0.2) is 4.79 Å². The van der Waals surface area contributed by atoms with Gasteiger partial charge in [-0.3, -0.25) is 4.68 Å². The summed E-state index contributed by atoms with van der Waals surface area (Å²) in [5, 5.41) is 12.7. The molecule has 1 aromatic rings. The van der Waals surface area contributed by atoms with Crippen LogP contribution in [0.1, 0.15) is 19.4 Å². The summed E-state index contributed by atoms with van der Waals surface area (Å²) >= 11 is 2.10. The number of halogens is 1. The van der Waals surface area contributed by atoms with Crippen molar-refractivity contribution < 1.29 is 9.90 Å². The molecule has 0 bridgehead atoms. The van der Waals surface area contributed by atoms with Crippen LogP contribution < -0.4 is 0 Å². The molecular weight excluding hydrogens is 271 g/mol. The Morgan fingerprint density at radius 2 is 2.58 bits per heavy atom. The predicted molar refractivity (Wildman–Crippen MR) is 51.9 cm³/mol. The molecule has 0 aliphatic carbocycles. The highest BCUT2D eigenvalue weighted by atomic mass is 127. The predicted octanol–water partition coefficient (Wildman–Crippen LogP) is 1.52. The lowest BCUT2D eigenvalue weighted by atomic mass is 10.2. The lowest BCUT2D eigenvalue weighted by Crippen LogP contribution is -2.18. The normalized spacial score (nSPS) is 12.8. The molecule has 1 rings (SSSR count). The van der Waals surface area contributed by atoms with Crippen LogP contribution in [0.3, 0.4) is 0 Å². The van der Waals surface area contributed by atoms with Gasteiger partial charge in [0.1, 0.15) is 6.04 Å². The van der Waals surface area contributed by atoms with E-state index in [0.717, 1.165) is 3.57 Å². The molecule has 5 heteroatoms. The van der Waals surface area contributed by atoms with Crippen molar-refractivity contribution in [2.45, 2.75) is 19.4 Å². The van der Waals surface area contributed by atoms with Gasteiger partial charge in [-0.1, -0.05) is 6.92 Å². The second-order valence-corrected chi connectivity index (χ2v) is 3.65. The summed E-state index contributed by atoms with van der Waals surface area (Å²) in [5.74, 6) is -0.836. The number of nitrogens with zero attached hydrogens (tertiary/aromatic N) is 2. The number of carboxylic acids is 1. The van der Waals surface area contributed by atoms with E-state index in [-0.39, 0.29) is 0 Å². The third kappa shape index (κ3) is 1.96. The van der Waals surface area contributed by atoms with Crippen LogP contribution >= 0.6 is 22.6 Å². The van der Waals surface area contributed by atoms with Crippen LogP contribution in [0.2, 0.25) is 0 Å². The van der Waals surface area contributed by atoms with Crippen molar-refractivity contribution in [2.24, 2.45) is 0 Å². The zero-order valence-electron chi connectivity index (χ0n) is 6.57. The van der Waals surface area contributed by atoms with Gasteiger partial charge >= 0.3 is 5.97 Å². The summed E-state index contributed by atoms with van der Waals surface area (Å²) in [4.78, 5) is 10.7. The van der Waals surface area contributed by atoms with Crippen molar-refractivity contribution >= 4 is 28.6 Å². The molecule has 0 saturated carbocycles. The monoisotopic (exact) mass is 280 g/mol. The fourth-order valence-corrected chi connectivity index (χ4v) is 1.37. The Morgan fingerprint density at radius 3 is 2.92 bits per heavy atom. The van der Waals surface area contributed by atoms with Crippen molar-refractivity contribution in [3.8, 4) is 0 Å². The maximum Gasteiger partial charge on any atom is 0.328 e. The molecular formula is C7H9IN2O2. The van der Waals surface area contributed by atoms with E-state index in [1.807, 2.05) is 6.92 Å². The minimum atomic E-state index is -0.836. The lowest BCUT2D eigenvalue weighted by molar-refractivity contribution is -0.141. The molecule has 0 aliphatic rings. The van der Waals surface area contributed by atoms with E-state index in [1.165, 1.54) is 4.68 Å². The number of rotatable bonds is 3. The zero-order chi connectivity index (χ0) is 9.14. The fraction of sp³-hybridized carbons (Fsp3) is 0.429. The zero-order valence-corrected chi connectivity index (χ0v) is 8.72. The van der Waals surface area contributed by atoms with E-state index >= 15 is 0 Å². The minimum Gasteiger partial charge on any atom is -0.480 e. The number of aromatic nitrogens is 2. The lowest BCUT2D eigenvalue weighted by Gasteiger charge is -2.08. The Hall–Kier alpha value is -0.590. The molecule has 0 amide bonds. The van der Waals surface area contributed by atoms with Crippen LogP contribution in [0.4, 0.5) is 0 Å². The van der Waals surface area contributed by atoms with Crippen LogP contribution in [-0.4, -0.2) is 20.9 Å². The molecule has 1 aromatic heterocycles.